The molecule has 1 atom stereocenters. The summed E-state index contributed by atoms with van der Waals surface area (Å²) in [5.74, 6) is 0.866. The number of aromatic nitrogens is 2. The fraction of sp³-hybridized carbons (Fsp3) is 0.455. The fourth-order valence-electron chi connectivity index (χ4n) is 2.75. The van der Waals surface area contributed by atoms with Gasteiger partial charge in [-0.3, -0.25) is 9.69 Å². The number of ether oxygens (including phenoxy) is 1. The summed E-state index contributed by atoms with van der Waals surface area (Å²) in [6.07, 6.45) is 3.01. The Morgan fingerprint density at radius 1 is 1.29 bits per heavy atom. The van der Waals surface area contributed by atoms with Crippen LogP contribution in [0.3, 0.4) is 0 Å². The van der Waals surface area contributed by atoms with Crippen molar-refractivity contribution in [2.45, 2.75) is 46.2 Å². The molecule has 0 aromatic carbocycles. The molecule has 0 aliphatic carbocycles. The number of pyridine rings is 2. The molecule has 0 saturated carbocycles. The topological polar surface area (TPSA) is 84.4 Å². The molecular formula is C22H30F2N4O3. The fourth-order valence-corrected chi connectivity index (χ4v) is 2.75. The zero-order chi connectivity index (χ0) is 23.4. The van der Waals surface area contributed by atoms with Gasteiger partial charge in [-0.25, -0.2) is 18.7 Å². The normalized spacial score (nSPS) is 11.5. The lowest BCUT2D eigenvalue weighted by atomic mass is 10.1. The Balaban J connectivity index is 0.00000110. The number of nitrogens with one attached hydrogen (secondary N) is 1. The van der Waals surface area contributed by atoms with Crippen molar-refractivity contribution in [1.29, 1.82) is 0 Å². The zero-order valence-electron chi connectivity index (χ0n) is 18.6. The number of alkyl halides is 2. The van der Waals surface area contributed by atoms with Gasteiger partial charge in [-0.05, 0) is 38.6 Å². The molecule has 0 spiro atoms. The summed E-state index contributed by atoms with van der Waals surface area (Å²) >= 11 is 0. The van der Waals surface area contributed by atoms with Crippen LogP contribution in [0, 0.1) is 6.92 Å². The van der Waals surface area contributed by atoms with Crippen LogP contribution in [0.1, 0.15) is 53.4 Å². The van der Waals surface area contributed by atoms with Crippen LogP contribution < -0.4 is 10.1 Å². The standard InChI is InChI=1S/C19H24F2N4O2.C3H6O/c1-12-7-15(8-24-19(12)27-11-17(20)21)13(2)25(4)9-16-14(10-26)5-6-23-18(16)22-3;1-2-3-4/h5-8,10,13,17H,9,11H2,1-4H3,(H,22,23);3H,2H2,1H3. The lowest BCUT2D eigenvalue weighted by Gasteiger charge is -2.26. The van der Waals surface area contributed by atoms with Crippen LogP contribution in [-0.4, -0.2) is 54.6 Å². The van der Waals surface area contributed by atoms with Gasteiger partial charge in [0.2, 0.25) is 5.88 Å². The monoisotopic (exact) mass is 436 g/mol. The van der Waals surface area contributed by atoms with Crippen LogP contribution in [0.5, 0.6) is 5.88 Å². The molecule has 0 amide bonds. The van der Waals surface area contributed by atoms with Crippen molar-refractivity contribution in [1.82, 2.24) is 14.9 Å². The molecule has 2 heterocycles. The van der Waals surface area contributed by atoms with Crippen LogP contribution in [0.2, 0.25) is 0 Å². The third-order valence-electron chi connectivity index (χ3n) is 4.57. The van der Waals surface area contributed by atoms with E-state index in [0.29, 0.717) is 29.9 Å². The molecule has 0 saturated heterocycles. The van der Waals surface area contributed by atoms with Crippen molar-refractivity contribution < 1.29 is 23.1 Å². The number of carbonyl (C=O) groups is 2. The number of aldehydes is 2. The second-order valence-electron chi connectivity index (χ2n) is 6.85. The summed E-state index contributed by atoms with van der Waals surface area (Å²) in [6.45, 7) is 5.42. The van der Waals surface area contributed by atoms with E-state index in [1.54, 1.807) is 32.4 Å². The lowest BCUT2D eigenvalue weighted by Crippen LogP contribution is -2.24. The van der Waals surface area contributed by atoms with E-state index in [4.69, 9.17) is 4.74 Å². The number of anilines is 1. The first kappa shape index (κ1) is 26.1. The summed E-state index contributed by atoms with van der Waals surface area (Å²) in [5, 5.41) is 3.01. The first-order chi connectivity index (χ1) is 14.8. The second-order valence-corrected chi connectivity index (χ2v) is 6.85. The molecule has 1 unspecified atom stereocenters. The van der Waals surface area contributed by atoms with Gasteiger partial charge in [-0.15, -0.1) is 0 Å². The minimum absolute atomic E-state index is 0.0234. The Kier molecular flexibility index (Phi) is 11.3. The predicted molar refractivity (Wildman–Crippen MR) is 116 cm³/mol. The highest BCUT2D eigenvalue weighted by atomic mass is 19.3. The molecule has 170 valence electrons. The quantitative estimate of drug-likeness (QED) is 0.562. The molecule has 9 heteroatoms. The Morgan fingerprint density at radius 2 is 1.97 bits per heavy atom. The molecule has 2 aromatic heterocycles. The van der Waals surface area contributed by atoms with Gasteiger partial charge in [0.1, 0.15) is 12.1 Å². The van der Waals surface area contributed by atoms with Crippen molar-refractivity contribution >= 4 is 18.4 Å². The summed E-state index contributed by atoms with van der Waals surface area (Å²) < 4.78 is 29.6. The molecule has 2 aromatic rings. The van der Waals surface area contributed by atoms with Crippen LogP contribution in [0.25, 0.3) is 0 Å². The molecular weight excluding hydrogens is 406 g/mol. The van der Waals surface area contributed by atoms with Crippen LogP contribution >= 0.6 is 0 Å². The largest absolute Gasteiger partial charge is 0.471 e. The van der Waals surface area contributed by atoms with E-state index in [0.717, 1.165) is 23.7 Å². The van der Waals surface area contributed by atoms with Gasteiger partial charge >= 0.3 is 0 Å². The van der Waals surface area contributed by atoms with Gasteiger partial charge in [0.25, 0.3) is 6.43 Å². The van der Waals surface area contributed by atoms with Crippen molar-refractivity contribution in [3.05, 3.63) is 46.8 Å². The third-order valence-corrected chi connectivity index (χ3v) is 4.57. The molecule has 1 N–H and O–H groups in total. The van der Waals surface area contributed by atoms with E-state index in [9.17, 15) is 18.4 Å². The van der Waals surface area contributed by atoms with E-state index in [2.05, 4.69) is 20.2 Å². The number of rotatable bonds is 10. The first-order valence-electron chi connectivity index (χ1n) is 9.91. The molecule has 0 radical (unpaired) electrons. The summed E-state index contributed by atoms with van der Waals surface area (Å²) in [5.41, 5.74) is 3.01. The van der Waals surface area contributed by atoms with Crippen molar-refractivity contribution in [3.8, 4) is 5.88 Å². The van der Waals surface area contributed by atoms with Crippen LogP contribution in [0.4, 0.5) is 14.6 Å². The Hall–Kier alpha value is -2.94. The highest BCUT2D eigenvalue weighted by Gasteiger charge is 2.18. The number of hydrogen-bond acceptors (Lipinski definition) is 7. The van der Waals surface area contributed by atoms with E-state index in [1.165, 1.54) is 0 Å². The molecule has 0 fully saturated rings. The van der Waals surface area contributed by atoms with Crippen molar-refractivity contribution in [3.63, 3.8) is 0 Å². The Morgan fingerprint density at radius 3 is 2.48 bits per heavy atom. The maximum atomic E-state index is 12.3. The predicted octanol–water partition coefficient (Wildman–Crippen LogP) is 4.07. The van der Waals surface area contributed by atoms with Gasteiger partial charge in [-0.1, -0.05) is 6.92 Å². The lowest BCUT2D eigenvalue weighted by molar-refractivity contribution is -0.107. The first-order valence-corrected chi connectivity index (χ1v) is 9.91. The number of aryl methyl sites for hydroxylation is 1. The number of hydrogen-bond donors (Lipinski definition) is 1. The second kappa shape index (κ2) is 13.4. The molecule has 31 heavy (non-hydrogen) atoms. The van der Waals surface area contributed by atoms with E-state index < -0.39 is 13.0 Å². The number of carbonyl (C=O) groups excluding carboxylic acids is 2. The third kappa shape index (κ3) is 8.01. The molecule has 0 aliphatic rings. The molecule has 2 rings (SSSR count). The van der Waals surface area contributed by atoms with E-state index >= 15 is 0 Å². The van der Waals surface area contributed by atoms with Gasteiger partial charge in [0.15, 0.2) is 12.9 Å². The average Bonchev–Trinajstić information content (AvgIpc) is 2.77. The van der Waals surface area contributed by atoms with Crippen LogP contribution in [-0.2, 0) is 11.3 Å². The van der Waals surface area contributed by atoms with Gasteiger partial charge in [0, 0.05) is 55.1 Å². The van der Waals surface area contributed by atoms with Gasteiger partial charge < -0.3 is 14.8 Å². The van der Waals surface area contributed by atoms with Crippen molar-refractivity contribution in [2.24, 2.45) is 0 Å². The molecule has 7 nitrogen and oxygen atoms in total. The smallest absolute Gasteiger partial charge is 0.272 e. The van der Waals surface area contributed by atoms with E-state index in [1.807, 2.05) is 27.0 Å². The molecule has 0 aliphatic heterocycles. The summed E-state index contributed by atoms with van der Waals surface area (Å²) in [6, 6.07) is 3.53. The summed E-state index contributed by atoms with van der Waals surface area (Å²) in [4.78, 5) is 31.0. The maximum absolute atomic E-state index is 12.3. The van der Waals surface area contributed by atoms with E-state index in [-0.39, 0.29) is 11.9 Å². The molecule has 0 bridgehead atoms. The average molecular weight is 437 g/mol. The zero-order valence-corrected chi connectivity index (χ0v) is 18.6. The van der Waals surface area contributed by atoms with Crippen molar-refractivity contribution in [2.75, 3.05) is 26.0 Å². The highest BCUT2D eigenvalue weighted by Crippen LogP contribution is 2.26. The highest BCUT2D eigenvalue weighted by molar-refractivity contribution is 5.79. The maximum Gasteiger partial charge on any atom is 0.272 e. The Labute approximate surface area is 181 Å². The SMILES string of the molecule is CCC=O.CNc1nccc(C=O)c1CN(C)C(C)c1cnc(OCC(F)F)c(C)c1. The minimum Gasteiger partial charge on any atom is -0.471 e. The van der Waals surface area contributed by atoms with Gasteiger partial charge in [-0.2, -0.15) is 0 Å². The minimum atomic E-state index is -2.54. The number of nitrogens with zero attached hydrogens (tertiary/aromatic N) is 3. The summed E-state index contributed by atoms with van der Waals surface area (Å²) in [7, 11) is 3.69. The van der Waals surface area contributed by atoms with Crippen LogP contribution in [0.15, 0.2) is 24.5 Å². The number of halogens is 2. The Bertz CT molecular complexity index is 850. The van der Waals surface area contributed by atoms with Gasteiger partial charge in [0.05, 0.1) is 0 Å².